The second-order valence-corrected chi connectivity index (χ2v) is 10.0. The van der Waals surface area contributed by atoms with E-state index in [1.165, 1.54) is 0 Å². The Bertz CT molecular complexity index is 1050. The van der Waals surface area contributed by atoms with Crippen molar-refractivity contribution in [2.45, 2.75) is 57.7 Å². The number of hydrogen-bond acceptors (Lipinski definition) is 4. The van der Waals surface area contributed by atoms with Crippen LogP contribution in [0.3, 0.4) is 0 Å². The lowest BCUT2D eigenvalue weighted by Crippen LogP contribution is -2.58. The minimum atomic E-state index is -0.239. The number of hydrogen-bond donors (Lipinski definition) is 2. The van der Waals surface area contributed by atoms with Gasteiger partial charge in [0.2, 0.25) is 5.91 Å². The summed E-state index contributed by atoms with van der Waals surface area (Å²) in [5.41, 5.74) is 3.10. The molecule has 2 saturated heterocycles. The SMILES string of the molecule is C=Nc1[nH]cc(C)c1C(=NC)N1CC2CCC(C1)N2C(=O)[C@H](CNC(C)C)c1ccc(Cl)cc1. The molecule has 34 heavy (non-hydrogen) atoms. The average Bonchev–Trinajstić information content (AvgIpc) is 3.31. The van der Waals surface area contributed by atoms with E-state index in [1.807, 2.05) is 37.5 Å². The first-order valence-corrected chi connectivity index (χ1v) is 12.4. The van der Waals surface area contributed by atoms with Gasteiger partial charge in [-0.3, -0.25) is 9.79 Å². The number of amides is 1. The summed E-state index contributed by atoms with van der Waals surface area (Å²) in [5, 5.41) is 4.15. The molecule has 2 bridgehead atoms. The highest BCUT2D eigenvalue weighted by Gasteiger charge is 2.45. The van der Waals surface area contributed by atoms with Crippen LogP contribution in [0, 0.1) is 6.92 Å². The van der Waals surface area contributed by atoms with Gasteiger partial charge in [0.05, 0.1) is 11.5 Å². The summed E-state index contributed by atoms with van der Waals surface area (Å²) in [4.78, 5) is 30.4. The van der Waals surface area contributed by atoms with Crippen molar-refractivity contribution in [1.29, 1.82) is 0 Å². The van der Waals surface area contributed by atoms with Crippen LogP contribution in [0.25, 0.3) is 0 Å². The maximum atomic E-state index is 14.0. The molecule has 0 radical (unpaired) electrons. The number of aliphatic imine (C=N–C) groups is 2. The number of fused-ring (bicyclic) bond motifs is 2. The first-order chi connectivity index (χ1) is 16.3. The van der Waals surface area contributed by atoms with Crippen LogP contribution < -0.4 is 5.32 Å². The molecule has 2 N–H and O–H groups in total. The number of nitrogens with one attached hydrogen (secondary N) is 2. The molecule has 1 aromatic heterocycles. The van der Waals surface area contributed by atoms with Gasteiger partial charge in [-0.25, -0.2) is 4.99 Å². The molecule has 3 atom stereocenters. The number of carbonyl (C=O) groups is 1. The maximum absolute atomic E-state index is 14.0. The van der Waals surface area contributed by atoms with Crippen LogP contribution in [0.15, 0.2) is 40.4 Å². The van der Waals surface area contributed by atoms with E-state index >= 15 is 0 Å². The first kappa shape index (κ1) is 24.5. The molecule has 0 aliphatic carbocycles. The van der Waals surface area contributed by atoms with Gasteiger partial charge in [0.25, 0.3) is 0 Å². The van der Waals surface area contributed by atoms with E-state index in [-0.39, 0.29) is 23.9 Å². The molecule has 182 valence electrons. The van der Waals surface area contributed by atoms with Crippen molar-refractivity contribution in [2.24, 2.45) is 9.98 Å². The molecule has 3 heterocycles. The Kier molecular flexibility index (Phi) is 7.43. The third kappa shape index (κ3) is 4.77. The predicted molar refractivity (Wildman–Crippen MR) is 140 cm³/mol. The first-order valence-electron chi connectivity index (χ1n) is 12.0. The third-order valence-corrected chi connectivity index (χ3v) is 7.24. The van der Waals surface area contributed by atoms with E-state index in [4.69, 9.17) is 11.6 Å². The monoisotopic (exact) mass is 482 g/mol. The minimum absolute atomic E-state index is 0.163. The molecule has 2 aromatic rings. The zero-order chi connectivity index (χ0) is 24.4. The molecule has 0 spiro atoms. The van der Waals surface area contributed by atoms with Crippen molar-refractivity contribution in [3.63, 3.8) is 0 Å². The summed E-state index contributed by atoms with van der Waals surface area (Å²) in [6.07, 6.45) is 3.96. The Hall–Kier alpha value is -2.64. The summed E-state index contributed by atoms with van der Waals surface area (Å²) in [6.45, 7) is 12.1. The summed E-state index contributed by atoms with van der Waals surface area (Å²) >= 11 is 6.12. The number of aryl methyl sites for hydroxylation is 1. The number of likely N-dealkylation sites (tertiary alicyclic amines) is 1. The van der Waals surface area contributed by atoms with Gasteiger partial charge in [-0.2, -0.15) is 0 Å². The normalized spacial score (nSPS) is 21.3. The Morgan fingerprint density at radius 2 is 1.88 bits per heavy atom. The lowest BCUT2D eigenvalue weighted by Gasteiger charge is -2.43. The Balaban J connectivity index is 1.57. The second kappa shape index (κ2) is 10.3. The van der Waals surface area contributed by atoms with Gasteiger partial charge in [-0.15, -0.1) is 0 Å². The molecule has 2 aliphatic rings. The molecule has 8 heteroatoms. The van der Waals surface area contributed by atoms with E-state index < -0.39 is 0 Å². The summed E-state index contributed by atoms with van der Waals surface area (Å²) in [5.74, 6) is 1.62. The molecular formula is C26H35ClN6O. The van der Waals surface area contributed by atoms with Crippen LogP contribution in [0.5, 0.6) is 0 Å². The number of amidine groups is 1. The topological polar surface area (TPSA) is 76.1 Å². The minimum Gasteiger partial charge on any atom is -0.352 e. The molecule has 2 unspecified atom stereocenters. The van der Waals surface area contributed by atoms with Crippen LogP contribution in [-0.4, -0.2) is 78.1 Å². The smallest absolute Gasteiger partial charge is 0.232 e. The quantitative estimate of drug-likeness (QED) is 0.460. The number of aromatic amines is 1. The summed E-state index contributed by atoms with van der Waals surface area (Å²) in [7, 11) is 1.82. The van der Waals surface area contributed by atoms with Gasteiger partial charge in [0.15, 0.2) is 0 Å². The van der Waals surface area contributed by atoms with Crippen LogP contribution in [0.1, 0.15) is 49.3 Å². The summed E-state index contributed by atoms with van der Waals surface area (Å²) < 4.78 is 0. The second-order valence-electron chi connectivity index (χ2n) is 9.60. The van der Waals surface area contributed by atoms with E-state index in [0.717, 1.165) is 54.3 Å². The number of carbonyl (C=O) groups excluding carboxylic acids is 1. The third-order valence-electron chi connectivity index (χ3n) is 6.99. The van der Waals surface area contributed by atoms with Gasteiger partial charge in [-0.05, 0) is 49.7 Å². The zero-order valence-corrected chi connectivity index (χ0v) is 21.3. The zero-order valence-electron chi connectivity index (χ0n) is 20.5. The molecule has 1 aromatic carbocycles. The van der Waals surface area contributed by atoms with Crippen molar-refractivity contribution in [1.82, 2.24) is 20.1 Å². The number of H-pyrrole nitrogens is 1. The molecule has 1 amide bonds. The number of benzene rings is 1. The summed E-state index contributed by atoms with van der Waals surface area (Å²) in [6, 6.07) is 8.32. The van der Waals surface area contributed by atoms with Crippen LogP contribution in [0.2, 0.25) is 5.02 Å². The van der Waals surface area contributed by atoms with Crippen molar-refractivity contribution >= 4 is 35.9 Å². The number of halogens is 1. The fourth-order valence-electron chi connectivity index (χ4n) is 5.34. The highest BCUT2D eigenvalue weighted by atomic mass is 35.5. The van der Waals surface area contributed by atoms with Crippen molar-refractivity contribution in [2.75, 3.05) is 26.7 Å². The van der Waals surface area contributed by atoms with Crippen molar-refractivity contribution in [3.05, 3.63) is 52.2 Å². The lowest BCUT2D eigenvalue weighted by atomic mass is 9.95. The van der Waals surface area contributed by atoms with E-state index in [1.54, 1.807) is 0 Å². The van der Waals surface area contributed by atoms with E-state index in [9.17, 15) is 4.79 Å². The average molecular weight is 483 g/mol. The number of nitrogens with zero attached hydrogens (tertiary/aromatic N) is 4. The van der Waals surface area contributed by atoms with Crippen LogP contribution in [-0.2, 0) is 4.79 Å². The maximum Gasteiger partial charge on any atom is 0.232 e. The molecule has 0 saturated carbocycles. The standard InChI is InChI=1S/C26H35ClN6O/c1-16(2)30-13-22(18-6-8-19(27)9-7-18)26(34)33-20-10-11-21(33)15-32(14-20)25(29-5)23-17(3)12-31-24(23)28-4/h6-9,12,16,20-22,30-31H,4,10-11,13-15H2,1-3,5H3/t20?,21?,22-/m1/s1. The Labute approximate surface area is 207 Å². The molecule has 4 rings (SSSR count). The number of rotatable bonds is 7. The number of piperazine rings is 1. The van der Waals surface area contributed by atoms with Gasteiger partial charge in [0.1, 0.15) is 11.7 Å². The fourth-order valence-corrected chi connectivity index (χ4v) is 5.46. The van der Waals surface area contributed by atoms with E-state index in [0.29, 0.717) is 17.6 Å². The molecule has 2 fully saturated rings. The highest BCUT2D eigenvalue weighted by molar-refractivity contribution is 6.30. The van der Waals surface area contributed by atoms with Crippen LogP contribution >= 0.6 is 11.6 Å². The van der Waals surface area contributed by atoms with Crippen molar-refractivity contribution < 1.29 is 4.79 Å². The van der Waals surface area contributed by atoms with E-state index in [2.05, 4.69) is 57.6 Å². The Morgan fingerprint density at radius 1 is 1.24 bits per heavy atom. The van der Waals surface area contributed by atoms with Crippen molar-refractivity contribution in [3.8, 4) is 0 Å². The highest BCUT2D eigenvalue weighted by Crippen LogP contribution is 2.35. The predicted octanol–water partition coefficient (Wildman–Crippen LogP) is 4.14. The molecule has 2 aliphatic heterocycles. The van der Waals surface area contributed by atoms with Crippen LogP contribution in [0.4, 0.5) is 5.82 Å². The largest absolute Gasteiger partial charge is 0.352 e. The van der Waals surface area contributed by atoms with Gasteiger partial charge in [-0.1, -0.05) is 37.6 Å². The number of aromatic nitrogens is 1. The molecule has 7 nitrogen and oxygen atoms in total. The van der Waals surface area contributed by atoms with Gasteiger partial charge < -0.3 is 20.1 Å². The fraction of sp³-hybridized carbons (Fsp3) is 0.500. The molecular weight excluding hydrogens is 448 g/mol. The lowest BCUT2D eigenvalue weighted by molar-refractivity contribution is -0.137. The van der Waals surface area contributed by atoms with Gasteiger partial charge in [0, 0.05) is 56.0 Å². The van der Waals surface area contributed by atoms with Gasteiger partial charge >= 0.3 is 0 Å². The Morgan fingerprint density at radius 3 is 2.44 bits per heavy atom.